The lowest BCUT2D eigenvalue weighted by Gasteiger charge is -2.10. The first-order valence-electron chi connectivity index (χ1n) is 5.42. The van der Waals surface area contributed by atoms with Crippen LogP contribution in [0.3, 0.4) is 0 Å². The molecule has 96 valence electrons. The van der Waals surface area contributed by atoms with Crippen molar-refractivity contribution in [2.24, 2.45) is 0 Å². The Hall–Kier alpha value is -1.11. The lowest BCUT2D eigenvalue weighted by atomic mass is 10.3. The van der Waals surface area contributed by atoms with Crippen molar-refractivity contribution in [3.05, 3.63) is 22.4 Å². The average molecular weight is 258 g/mol. The molecule has 1 aromatic heterocycles. The fourth-order valence-electron chi connectivity index (χ4n) is 1.27. The molecule has 0 bridgehead atoms. The fraction of sp³-hybridized carbons (Fsp3) is 0.545. The third kappa shape index (κ3) is 6.25. The van der Waals surface area contributed by atoms with Gasteiger partial charge in [0.1, 0.15) is 0 Å². The van der Waals surface area contributed by atoms with Gasteiger partial charge in [-0.2, -0.15) is 11.3 Å². The van der Waals surface area contributed by atoms with E-state index >= 15 is 0 Å². The van der Waals surface area contributed by atoms with Crippen LogP contribution in [0.4, 0.5) is 4.79 Å². The Morgan fingerprint density at radius 2 is 2.41 bits per heavy atom. The zero-order chi connectivity index (χ0) is 12.5. The summed E-state index contributed by atoms with van der Waals surface area (Å²) in [5.41, 5.74) is 1.09. The molecule has 0 fully saturated rings. The molecule has 0 aliphatic rings. The molecule has 1 heterocycles. The van der Waals surface area contributed by atoms with Gasteiger partial charge in [-0.15, -0.1) is 0 Å². The number of thiophene rings is 1. The number of ether oxygens (including phenoxy) is 1. The normalized spacial score (nSPS) is 12.1. The number of carbonyl (C=O) groups excluding carboxylic acids is 1. The molecule has 0 aliphatic heterocycles. The highest BCUT2D eigenvalue weighted by Gasteiger charge is 2.04. The van der Waals surface area contributed by atoms with Crippen LogP contribution in [0, 0.1) is 0 Å². The summed E-state index contributed by atoms with van der Waals surface area (Å²) in [6, 6.07) is 1.74. The molecule has 2 amide bonds. The molecule has 0 aliphatic carbocycles. The van der Waals surface area contributed by atoms with Gasteiger partial charge in [-0.05, 0) is 28.8 Å². The van der Waals surface area contributed by atoms with Crippen molar-refractivity contribution in [3.63, 3.8) is 0 Å². The summed E-state index contributed by atoms with van der Waals surface area (Å²) in [5, 5.41) is 18.7. The number of urea groups is 1. The van der Waals surface area contributed by atoms with Gasteiger partial charge < -0.3 is 20.5 Å². The van der Waals surface area contributed by atoms with Crippen LogP contribution in [-0.2, 0) is 11.3 Å². The number of hydrogen-bond acceptors (Lipinski definition) is 4. The largest absolute Gasteiger partial charge is 0.391 e. The van der Waals surface area contributed by atoms with Crippen molar-refractivity contribution >= 4 is 17.4 Å². The molecule has 1 atom stereocenters. The minimum absolute atomic E-state index is 0.221. The van der Waals surface area contributed by atoms with Crippen LogP contribution in [0.15, 0.2) is 16.8 Å². The lowest BCUT2D eigenvalue weighted by Crippen LogP contribution is -2.36. The number of aliphatic hydroxyl groups excluding tert-OH is 1. The Balaban J connectivity index is 2.05. The minimum Gasteiger partial charge on any atom is -0.391 e. The van der Waals surface area contributed by atoms with Crippen molar-refractivity contribution in [2.45, 2.75) is 19.1 Å². The quantitative estimate of drug-likeness (QED) is 0.682. The molecule has 0 saturated heterocycles. The van der Waals surface area contributed by atoms with Crippen LogP contribution in [0.2, 0.25) is 0 Å². The smallest absolute Gasteiger partial charge is 0.315 e. The number of carbonyl (C=O) groups is 1. The van der Waals surface area contributed by atoms with Gasteiger partial charge in [-0.1, -0.05) is 0 Å². The van der Waals surface area contributed by atoms with E-state index in [4.69, 9.17) is 4.74 Å². The third-order valence-electron chi connectivity index (χ3n) is 2.16. The average Bonchev–Trinajstić information content (AvgIpc) is 2.79. The van der Waals surface area contributed by atoms with Gasteiger partial charge in [0.2, 0.25) is 0 Å². The number of hydrogen-bond donors (Lipinski definition) is 3. The van der Waals surface area contributed by atoms with Crippen LogP contribution in [0.1, 0.15) is 12.0 Å². The van der Waals surface area contributed by atoms with Crippen molar-refractivity contribution < 1.29 is 14.6 Å². The van der Waals surface area contributed by atoms with E-state index in [-0.39, 0.29) is 12.6 Å². The number of nitrogens with one attached hydrogen (secondary N) is 2. The maximum absolute atomic E-state index is 11.3. The third-order valence-corrected chi connectivity index (χ3v) is 2.89. The Morgan fingerprint density at radius 3 is 3.06 bits per heavy atom. The highest BCUT2D eigenvalue weighted by Crippen LogP contribution is 2.04. The summed E-state index contributed by atoms with van der Waals surface area (Å²) in [6.45, 7) is 1.24. The van der Waals surface area contributed by atoms with Gasteiger partial charge in [0.25, 0.3) is 0 Å². The molecule has 5 nitrogen and oxygen atoms in total. The van der Waals surface area contributed by atoms with Crippen LogP contribution >= 0.6 is 11.3 Å². The number of rotatable bonds is 7. The van der Waals surface area contributed by atoms with E-state index in [9.17, 15) is 9.90 Å². The van der Waals surface area contributed by atoms with Crippen LogP contribution < -0.4 is 10.6 Å². The monoisotopic (exact) mass is 258 g/mol. The van der Waals surface area contributed by atoms with E-state index < -0.39 is 6.10 Å². The molecule has 17 heavy (non-hydrogen) atoms. The van der Waals surface area contributed by atoms with Gasteiger partial charge in [-0.25, -0.2) is 4.79 Å². The molecule has 0 saturated carbocycles. The van der Waals surface area contributed by atoms with Crippen LogP contribution in [-0.4, -0.2) is 37.5 Å². The first-order chi connectivity index (χ1) is 8.22. The highest BCUT2D eigenvalue weighted by molar-refractivity contribution is 7.07. The fourth-order valence-corrected chi connectivity index (χ4v) is 1.93. The van der Waals surface area contributed by atoms with Crippen LogP contribution in [0.25, 0.3) is 0 Å². The topological polar surface area (TPSA) is 70.6 Å². The standard InChI is InChI=1S/C11H18N2O3S/c1-16-7-10(14)2-4-12-11(15)13-6-9-3-5-17-8-9/h3,5,8,10,14H,2,4,6-7H2,1H3,(H2,12,13,15). The highest BCUT2D eigenvalue weighted by atomic mass is 32.1. The molecule has 6 heteroatoms. The van der Waals surface area contributed by atoms with E-state index in [2.05, 4.69) is 10.6 Å². The molecule has 1 unspecified atom stereocenters. The summed E-state index contributed by atoms with van der Waals surface area (Å²) in [7, 11) is 1.53. The summed E-state index contributed by atoms with van der Waals surface area (Å²) >= 11 is 1.60. The summed E-state index contributed by atoms with van der Waals surface area (Å²) in [4.78, 5) is 11.3. The zero-order valence-electron chi connectivity index (χ0n) is 9.81. The van der Waals surface area contributed by atoms with E-state index in [0.717, 1.165) is 5.56 Å². The molecule has 0 aromatic carbocycles. The summed E-state index contributed by atoms with van der Waals surface area (Å²) in [5.74, 6) is 0. The SMILES string of the molecule is COCC(O)CCNC(=O)NCc1ccsc1. The Morgan fingerprint density at radius 1 is 1.59 bits per heavy atom. The van der Waals surface area contributed by atoms with Crippen molar-refractivity contribution in [1.29, 1.82) is 0 Å². The van der Waals surface area contributed by atoms with Gasteiger partial charge >= 0.3 is 6.03 Å². The molecule has 0 radical (unpaired) electrons. The number of amides is 2. The van der Waals surface area contributed by atoms with Gasteiger partial charge in [0, 0.05) is 20.2 Å². The zero-order valence-corrected chi connectivity index (χ0v) is 10.6. The number of aliphatic hydroxyl groups is 1. The summed E-state index contributed by atoms with van der Waals surface area (Å²) < 4.78 is 4.78. The van der Waals surface area contributed by atoms with Crippen molar-refractivity contribution in [2.75, 3.05) is 20.3 Å². The maximum Gasteiger partial charge on any atom is 0.315 e. The van der Waals surface area contributed by atoms with E-state index in [1.165, 1.54) is 7.11 Å². The second kappa shape index (κ2) is 8.05. The van der Waals surface area contributed by atoms with Crippen molar-refractivity contribution in [1.82, 2.24) is 10.6 Å². The second-order valence-corrected chi connectivity index (χ2v) is 4.42. The first-order valence-corrected chi connectivity index (χ1v) is 6.36. The van der Waals surface area contributed by atoms with E-state index in [1.54, 1.807) is 11.3 Å². The van der Waals surface area contributed by atoms with Gasteiger partial charge in [-0.3, -0.25) is 0 Å². The molecular formula is C11H18N2O3S. The van der Waals surface area contributed by atoms with E-state index in [1.807, 2.05) is 16.8 Å². The van der Waals surface area contributed by atoms with E-state index in [0.29, 0.717) is 19.5 Å². The lowest BCUT2D eigenvalue weighted by molar-refractivity contribution is 0.0598. The Kier molecular flexibility index (Phi) is 6.61. The van der Waals surface area contributed by atoms with Crippen LogP contribution in [0.5, 0.6) is 0 Å². The second-order valence-electron chi connectivity index (χ2n) is 3.64. The van der Waals surface area contributed by atoms with Gasteiger partial charge in [0.15, 0.2) is 0 Å². The number of methoxy groups -OCH3 is 1. The molecule has 0 spiro atoms. The van der Waals surface area contributed by atoms with Gasteiger partial charge in [0.05, 0.1) is 12.7 Å². The molecule has 1 rings (SSSR count). The predicted octanol–water partition coefficient (Wildman–Crippen LogP) is 0.945. The maximum atomic E-state index is 11.3. The summed E-state index contributed by atoms with van der Waals surface area (Å²) in [6.07, 6.45) is -0.0446. The van der Waals surface area contributed by atoms with Crippen molar-refractivity contribution in [3.8, 4) is 0 Å². The Bertz CT molecular complexity index is 317. The minimum atomic E-state index is -0.530. The first kappa shape index (κ1) is 14.0. The molecule has 1 aromatic rings. The Labute approximate surface area is 105 Å². The predicted molar refractivity (Wildman–Crippen MR) is 67.1 cm³/mol. The molecule has 3 N–H and O–H groups in total. The molecular weight excluding hydrogens is 240 g/mol.